The van der Waals surface area contributed by atoms with Crippen LogP contribution >= 0.6 is 15.9 Å². The number of rotatable bonds is 6. The van der Waals surface area contributed by atoms with Gasteiger partial charge in [0.2, 0.25) is 0 Å². The first-order valence-electron chi connectivity index (χ1n) is 7.31. The standard InChI is InChI=1S/C16H24BrNO/c1-3-18-16(10-12-6-4-5-7-12)14-11-13(19-2)8-9-15(14)17/h8-9,11-12,16,18H,3-7,10H2,1-2H3. The van der Waals surface area contributed by atoms with Crippen molar-refractivity contribution >= 4 is 15.9 Å². The van der Waals surface area contributed by atoms with Crippen molar-refractivity contribution in [2.75, 3.05) is 13.7 Å². The topological polar surface area (TPSA) is 21.3 Å². The minimum absolute atomic E-state index is 0.428. The Balaban J connectivity index is 2.16. The fourth-order valence-corrected chi connectivity index (χ4v) is 3.58. The summed E-state index contributed by atoms with van der Waals surface area (Å²) in [6.07, 6.45) is 6.83. The summed E-state index contributed by atoms with van der Waals surface area (Å²) in [5.41, 5.74) is 1.33. The van der Waals surface area contributed by atoms with Gasteiger partial charge in [-0.1, -0.05) is 48.5 Å². The van der Waals surface area contributed by atoms with E-state index < -0.39 is 0 Å². The van der Waals surface area contributed by atoms with E-state index in [9.17, 15) is 0 Å². The van der Waals surface area contributed by atoms with E-state index in [2.05, 4.69) is 40.3 Å². The molecule has 0 bridgehead atoms. The molecule has 0 aliphatic heterocycles. The van der Waals surface area contributed by atoms with Crippen molar-refractivity contribution in [1.82, 2.24) is 5.32 Å². The summed E-state index contributed by atoms with van der Waals surface area (Å²) in [6, 6.07) is 6.68. The van der Waals surface area contributed by atoms with Crippen LogP contribution in [0.3, 0.4) is 0 Å². The van der Waals surface area contributed by atoms with E-state index in [-0.39, 0.29) is 0 Å². The number of halogens is 1. The van der Waals surface area contributed by atoms with Gasteiger partial charge in [0, 0.05) is 10.5 Å². The summed E-state index contributed by atoms with van der Waals surface area (Å²) in [4.78, 5) is 0. The van der Waals surface area contributed by atoms with Crippen LogP contribution in [0.1, 0.15) is 50.6 Å². The summed E-state index contributed by atoms with van der Waals surface area (Å²) in [6.45, 7) is 3.18. The molecule has 0 amide bonds. The Morgan fingerprint density at radius 1 is 1.37 bits per heavy atom. The number of methoxy groups -OCH3 is 1. The molecule has 1 aromatic carbocycles. The maximum Gasteiger partial charge on any atom is 0.119 e. The highest BCUT2D eigenvalue weighted by Crippen LogP contribution is 2.36. The summed E-state index contributed by atoms with van der Waals surface area (Å²) in [5.74, 6) is 1.81. The molecule has 0 heterocycles. The zero-order chi connectivity index (χ0) is 13.7. The minimum Gasteiger partial charge on any atom is -0.497 e. The molecule has 1 saturated carbocycles. The Labute approximate surface area is 125 Å². The van der Waals surface area contributed by atoms with Gasteiger partial charge in [-0.2, -0.15) is 0 Å². The Morgan fingerprint density at radius 3 is 2.74 bits per heavy atom. The lowest BCUT2D eigenvalue weighted by molar-refractivity contribution is 0.393. The minimum atomic E-state index is 0.428. The lowest BCUT2D eigenvalue weighted by Crippen LogP contribution is -2.23. The first-order chi connectivity index (χ1) is 9.24. The van der Waals surface area contributed by atoms with Crippen LogP contribution in [0.2, 0.25) is 0 Å². The molecule has 2 nitrogen and oxygen atoms in total. The van der Waals surface area contributed by atoms with Gasteiger partial charge in [0.15, 0.2) is 0 Å². The Morgan fingerprint density at radius 2 is 2.11 bits per heavy atom. The number of benzene rings is 1. The van der Waals surface area contributed by atoms with E-state index in [1.165, 1.54) is 42.1 Å². The van der Waals surface area contributed by atoms with Crippen molar-refractivity contribution in [1.29, 1.82) is 0 Å². The third kappa shape index (κ3) is 3.96. The van der Waals surface area contributed by atoms with Gasteiger partial charge in [-0.05, 0) is 42.6 Å². The molecule has 2 rings (SSSR count). The van der Waals surface area contributed by atoms with Gasteiger partial charge in [0.1, 0.15) is 5.75 Å². The van der Waals surface area contributed by atoms with Crippen LogP contribution in [0.4, 0.5) is 0 Å². The van der Waals surface area contributed by atoms with Crippen LogP contribution in [-0.4, -0.2) is 13.7 Å². The summed E-state index contributed by atoms with van der Waals surface area (Å²) >= 11 is 3.68. The van der Waals surface area contributed by atoms with E-state index in [1.807, 2.05) is 6.07 Å². The number of hydrogen-bond acceptors (Lipinski definition) is 2. The predicted molar refractivity (Wildman–Crippen MR) is 83.7 cm³/mol. The lowest BCUT2D eigenvalue weighted by atomic mass is 9.93. The number of hydrogen-bond donors (Lipinski definition) is 1. The molecule has 1 aromatic rings. The van der Waals surface area contributed by atoms with Crippen LogP contribution < -0.4 is 10.1 Å². The number of ether oxygens (including phenoxy) is 1. The molecule has 3 heteroatoms. The van der Waals surface area contributed by atoms with Crippen molar-refractivity contribution in [2.45, 2.75) is 45.1 Å². The maximum atomic E-state index is 5.36. The smallest absolute Gasteiger partial charge is 0.119 e. The SMILES string of the molecule is CCNC(CC1CCCC1)c1cc(OC)ccc1Br. The average molecular weight is 326 g/mol. The van der Waals surface area contributed by atoms with Crippen LogP contribution in [0.5, 0.6) is 5.75 Å². The summed E-state index contributed by atoms with van der Waals surface area (Å²) in [5, 5.41) is 3.63. The second-order valence-corrected chi connectivity index (χ2v) is 6.24. The van der Waals surface area contributed by atoms with Crippen molar-refractivity contribution in [3.63, 3.8) is 0 Å². The van der Waals surface area contributed by atoms with Crippen LogP contribution in [0.25, 0.3) is 0 Å². The number of nitrogens with one attached hydrogen (secondary N) is 1. The van der Waals surface area contributed by atoms with Gasteiger partial charge in [-0.15, -0.1) is 0 Å². The molecule has 1 unspecified atom stereocenters. The zero-order valence-corrected chi connectivity index (χ0v) is 13.5. The molecule has 0 radical (unpaired) electrons. The van der Waals surface area contributed by atoms with Gasteiger partial charge >= 0.3 is 0 Å². The second-order valence-electron chi connectivity index (χ2n) is 5.38. The Kier molecular flexibility index (Phi) is 5.71. The van der Waals surface area contributed by atoms with E-state index >= 15 is 0 Å². The van der Waals surface area contributed by atoms with Crippen molar-refractivity contribution in [2.24, 2.45) is 5.92 Å². The van der Waals surface area contributed by atoms with Crippen LogP contribution in [0.15, 0.2) is 22.7 Å². The molecule has 1 N–H and O–H groups in total. The van der Waals surface area contributed by atoms with E-state index in [4.69, 9.17) is 4.74 Å². The maximum absolute atomic E-state index is 5.36. The molecule has 0 aromatic heterocycles. The molecule has 1 aliphatic rings. The molecule has 106 valence electrons. The normalized spacial score (nSPS) is 17.6. The highest BCUT2D eigenvalue weighted by molar-refractivity contribution is 9.10. The lowest BCUT2D eigenvalue weighted by Gasteiger charge is -2.23. The highest BCUT2D eigenvalue weighted by Gasteiger charge is 2.22. The molecule has 0 saturated heterocycles. The van der Waals surface area contributed by atoms with Gasteiger partial charge < -0.3 is 10.1 Å². The van der Waals surface area contributed by atoms with Gasteiger partial charge in [0.25, 0.3) is 0 Å². The van der Waals surface area contributed by atoms with Crippen molar-refractivity contribution in [3.8, 4) is 5.75 Å². The summed E-state index contributed by atoms with van der Waals surface area (Å²) in [7, 11) is 1.73. The summed E-state index contributed by atoms with van der Waals surface area (Å²) < 4.78 is 6.54. The molecule has 1 atom stereocenters. The van der Waals surface area contributed by atoms with E-state index in [0.717, 1.165) is 18.2 Å². The van der Waals surface area contributed by atoms with Gasteiger partial charge in [0.05, 0.1) is 7.11 Å². The van der Waals surface area contributed by atoms with E-state index in [0.29, 0.717) is 6.04 Å². The Hall–Kier alpha value is -0.540. The van der Waals surface area contributed by atoms with Gasteiger partial charge in [-0.25, -0.2) is 0 Å². The molecule has 0 spiro atoms. The first kappa shape index (κ1) is 14.9. The highest BCUT2D eigenvalue weighted by atomic mass is 79.9. The van der Waals surface area contributed by atoms with Crippen molar-refractivity contribution in [3.05, 3.63) is 28.2 Å². The molecule has 1 aliphatic carbocycles. The predicted octanol–water partition coefficient (Wildman–Crippen LogP) is 4.69. The molecular formula is C16H24BrNO. The van der Waals surface area contributed by atoms with Crippen LogP contribution in [0, 0.1) is 5.92 Å². The van der Waals surface area contributed by atoms with Crippen molar-refractivity contribution < 1.29 is 4.74 Å². The average Bonchev–Trinajstić information content (AvgIpc) is 2.92. The van der Waals surface area contributed by atoms with E-state index in [1.54, 1.807) is 7.11 Å². The molecule has 1 fully saturated rings. The Bertz CT molecular complexity index is 402. The fraction of sp³-hybridized carbons (Fsp3) is 0.625. The monoisotopic (exact) mass is 325 g/mol. The van der Waals surface area contributed by atoms with Gasteiger partial charge in [-0.3, -0.25) is 0 Å². The largest absolute Gasteiger partial charge is 0.497 e. The van der Waals surface area contributed by atoms with Crippen LogP contribution in [-0.2, 0) is 0 Å². The fourth-order valence-electron chi connectivity index (χ4n) is 3.06. The quantitative estimate of drug-likeness (QED) is 0.819. The molecule has 19 heavy (non-hydrogen) atoms. The first-order valence-corrected chi connectivity index (χ1v) is 8.10. The molecular weight excluding hydrogens is 302 g/mol. The third-order valence-electron chi connectivity index (χ3n) is 4.07. The third-order valence-corrected chi connectivity index (χ3v) is 4.80. The second kappa shape index (κ2) is 7.30. The zero-order valence-electron chi connectivity index (χ0n) is 11.9.